The first-order valence-electron chi connectivity index (χ1n) is 10.00. The Bertz CT molecular complexity index is 1030. The third kappa shape index (κ3) is 6.65. The molecule has 2 aromatic rings. The fourth-order valence-electron chi connectivity index (χ4n) is 3.25. The van der Waals surface area contributed by atoms with E-state index in [9.17, 15) is 13.2 Å². The van der Waals surface area contributed by atoms with E-state index >= 15 is 0 Å². The number of nitrogens with zero attached hydrogens (tertiary/aromatic N) is 2. The van der Waals surface area contributed by atoms with Crippen LogP contribution in [0.15, 0.2) is 42.5 Å². The highest BCUT2D eigenvalue weighted by atomic mass is 35.5. The molecule has 0 radical (unpaired) electrons. The van der Waals surface area contributed by atoms with Crippen LogP contribution in [0.5, 0.6) is 11.5 Å². The first-order chi connectivity index (χ1) is 15.3. The van der Waals surface area contributed by atoms with Gasteiger partial charge in [0.25, 0.3) is 5.91 Å². The predicted octanol–water partition coefficient (Wildman–Crippen LogP) is 2.65. The molecule has 0 unspecified atom stereocenters. The fraction of sp³-hybridized carbons (Fsp3) is 0.381. The number of rotatable bonds is 9. The van der Waals surface area contributed by atoms with E-state index in [1.54, 1.807) is 19.2 Å². The standard InChI is InChI=1S/C21H25Cl2N3O5S/c1-30-18-5-3-17(4-6-18)25-9-11-26(12-10-25)32(28,29)13-8-24-21(27)15-31-20-7-2-16(22)14-19(20)23/h2-7,14H,8-13,15H2,1H3,(H,24,27). The van der Waals surface area contributed by atoms with Crippen molar-refractivity contribution in [1.82, 2.24) is 9.62 Å². The number of benzene rings is 2. The molecule has 0 saturated carbocycles. The van der Waals surface area contributed by atoms with Gasteiger partial charge >= 0.3 is 0 Å². The van der Waals surface area contributed by atoms with Crippen molar-refractivity contribution in [1.29, 1.82) is 0 Å². The summed E-state index contributed by atoms with van der Waals surface area (Å²) in [6.07, 6.45) is 0. The Kier molecular flexibility index (Phi) is 8.47. The van der Waals surface area contributed by atoms with E-state index in [2.05, 4.69) is 10.2 Å². The second-order valence-electron chi connectivity index (χ2n) is 7.11. The average Bonchev–Trinajstić information content (AvgIpc) is 2.78. The van der Waals surface area contributed by atoms with Crippen molar-refractivity contribution in [3.05, 3.63) is 52.5 Å². The molecule has 1 fully saturated rings. The maximum atomic E-state index is 12.6. The summed E-state index contributed by atoms with van der Waals surface area (Å²) in [6, 6.07) is 12.3. The number of amides is 1. The Morgan fingerprint density at radius 3 is 2.38 bits per heavy atom. The molecule has 11 heteroatoms. The van der Waals surface area contributed by atoms with Crippen molar-refractivity contribution in [3.63, 3.8) is 0 Å². The minimum absolute atomic E-state index is 0.00241. The first kappa shape index (κ1) is 24.4. The van der Waals surface area contributed by atoms with E-state index in [0.717, 1.165) is 11.4 Å². The maximum absolute atomic E-state index is 12.6. The molecule has 3 rings (SSSR count). The lowest BCUT2D eigenvalue weighted by atomic mass is 10.2. The fourth-order valence-corrected chi connectivity index (χ4v) is 5.05. The molecular weight excluding hydrogens is 477 g/mol. The molecule has 0 atom stereocenters. The Morgan fingerprint density at radius 1 is 1.06 bits per heavy atom. The van der Waals surface area contributed by atoms with Crippen LogP contribution in [0.3, 0.4) is 0 Å². The highest BCUT2D eigenvalue weighted by Gasteiger charge is 2.27. The van der Waals surface area contributed by atoms with E-state index in [-0.39, 0.29) is 18.9 Å². The van der Waals surface area contributed by atoms with Gasteiger partial charge in [-0.3, -0.25) is 4.79 Å². The smallest absolute Gasteiger partial charge is 0.257 e. The summed E-state index contributed by atoms with van der Waals surface area (Å²) in [6.45, 7) is 1.68. The van der Waals surface area contributed by atoms with Crippen LogP contribution in [0.2, 0.25) is 10.0 Å². The van der Waals surface area contributed by atoms with Crippen LogP contribution in [0, 0.1) is 0 Å². The van der Waals surface area contributed by atoms with Gasteiger partial charge in [0.1, 0.15) is 11.5 Å². The van der Waals surface area contributed by atoms with Crippen LogP contribution in [0.1, 0.15) is 0 Å². The van der Waals surface area contributed by atoms with Crippen molar-refractivity contribution < 1.29 is 22.7 Å². The van der Waals surface area contributed by atoms with Crippen LogP contribution < -0.4 is 19.7 Å². The van der Waals surface area contributed by atoms with Gasteiger partial charge in [-0.05, 0) is 42.5 Å². The number of ether oxygens (including phenoxy) is 2. The molecule has 1 aliphatic heterocycles. The summed E-state index contributed by atoms with van der Waals surface area (Å²) in [7, 11) is -1.86. The Balaban J connectivity index is 1.40. The van der Waals surface area contributed by atoms with E-state index < -0.39 is 15.9 Å². The molecule has 1 amide bonds. The van der Waals surface area contributed by atoms with Gasteiger partial charge in [0.05, 0.1) is 17.9 Å². The Hall–Kier alpha value is -2.20. The number of hydrogen-bond donors (Lipinski definition) is 1. The molecule has 1 aliphatic rings. The molecule has 0 aromatic heterocycles. The maximum Gasteiger partial charge on any atom is 0.257 e. The summed E-state index contributed by atoms with van der Waals surface area (Å²) in [5.41, 5.74) is 1.02. The minimum atomic E-state index is -3.48. The highest BCUT2D eigenvalue weighted by Crippen LogP contribution is 2.27. The van der Waals surface area contributed by atoms with Gasteiger partial charge in [-0.2, -0.15) is 4.31 Å². The SMILES string of the molecule is COc1ccc(N2CCN(S(=O)(=O)CCNC(=O)COc3ccc(Cl)cc3Cl)CC2)cc1. The zero-order chi connectivity index (χ0) is 23.1. The van der Waals surface area contributed by atoms with E-state index in [1.165, 1.54) is 10.4 Å². The van der Waals surface area contributed by atoms with Crippen molar-refractivity contribution in [2.75, 3.05) is 57.1 Å². The predicted molar refractivity (Wildman–Crippen MR) is 126 cm³/mol. The third-order valence-corrected chi connectivity index (χ3v) is 7.41. The second-order valence-corrected chi connectivity index (χ2v) is 10.0. The van der Waals surface area contributed by atoms with Crippen LogP contribution in [-0.2, 0) is 14.8 Å². The van der Waals surface area contributed by atoms with E-state index in [4.69, 9.17) is 32.7 Å². The summed E-state index contributed by atoms with van der Waals surface area (Å²) < 4.78 is 37.2. The molecule has 32 heavy (non-hydrogen) atoms. The monoisotopic (exact) mass is 501 g/mol. The number of hydrogen-bond acceptors (Lipinski definition) is 6. The lowest BCUT2D eigenvalue weighted by Crippen LogP contribution is -2.50. The van der Waals surface area contributed by atoms with Gasteiger partial charge in [-0.1, -0.05) is 23.2 Å². The number of methoxy groups -OCH3 is 1. The molecule has 1 N–H and O–H groups in total. The Labute approximate surface area is 198 Å². The first-order valence-corrected chi connectivity index (χ1v) is 12.4. The number of piperazine rings is 1. The summed E-state index contributed by atoms with van der Waals surface area (Å²) >= 11 is 11.8. The molecule has 174 valence electrons. The number of carbonyl (C=O) groups excluding carboxylic acids is 1. The van der Waals surface area contributed by atoms with Gasteiger partial charge in [-0.15, -0.1) is 0 Å². The topological polar surface area (TPSA) is 88.2 Å². The van der Waals surface area contributed by atoms with Crippen LogP contribution in [0.4, 0.5) is 5.69 Å². The summed E-state index contributed by atoms with van der Waals surface area (Å²) in [4.78, 5) is 14.1. The molecule has 2 aromatic carbocycles. The van der Waals surface area contributed by atoms with Crippen molar-refractivity contribution in [2.24, 2.45) is 0 Å². The molecular formula is C21H25Cl2N3O5S. The summed E-state index contributed by atoms with van der Waals surface area (Å²) in [5, 5.41) is 3.32. The number of carbonyl (C=O) groups is 1. The molecule has 0 bridgehead atoms. The molecule has 8 nitrogen and oxygen atoms in total. The van der Waals surface area contributed by atoms with Gasteiger partial charge in [-0.25, -0.2) is 8.42 Å². The van der Waals surface area contributed by atoms with Crippen LogP contribution in [0.25, 0.3) is 0 Å². The lowest BCUT2D eigenvalue weighted by Gasteiger charge is -2.35. The quantitative estimate of drug-likeness (QED) is 0.568. The molecule has 1 saturated heterocycles. The zero-order valence-electron chi connectivity index (χ0n) is 17.6. The normalized spacial score (nSPS) is 14.8. The zero-order valence-corrected chi connectivity index (χ0v) is 19.9. The average molecular weight is 502 g/mol. The minimum Gasteiger partial charge on any atom is -0.497 e. The van der Waals surface area contributed by atoms with E-state index in [1.807, 2.05) is 24.3 Å². The Morgan fingerprint density at radius 2 is 1.75 bits per heavy atom. The molecule has 0 aliphatic carbocycles. The lowest BCUT2D eigenvalue weighted by molar-refractivity contribution is -0.122. The van der Waals surface area contributed by atoms with Gasteiger partial charge < -0.3 is 19.7 Å². The number of sulfonamides is 1. The molecule has 0 spiro atoms. The number of halogens is 2. The van der Waals surface area contributed by atoms with Gasteiger partial charge in [0, 0.05) is 43.4 Å². The summed E-state index contributed by atoms with van der Waals surface area (Å²) in [5.74, 6) is 0.492. The van der Waals surface area contributed by atoms with Crippen molar-refractivity contribution in [2.45, 2.75) is 0 Å². The van der Waals surface area contributed by atoms with Crippen LogP contribution in [-0.4, -0.2) is 70.8 Å². The van der Waals surface area contributed by atoms with Crippen molar-refractivity contribution in [3.8, 4) is 11.5 Å². The molecule has 1 heterocycles. The highest BCUT2D eigenvalue weighted by molar-refractivity contribution is 7.89. The van der Waals surface area contributed by atoms with Crippen molar-refractivity contribution >= 4 is 44.8 Å². The van der Waals surface area contributed by atoms with Crippen LogP contribution >= 0.6 is 23.2 Å². The van der Waals surface area contributed by atoms with Gasteiger partial charge in [0.2, 0.25) is 10.0 Å². The second kappa shape index (κ2) is 11.1. The number of nitrogens with one attached hydrogen (secondary N) is 1. The van der Waals surface area contributed by atoms with E-state index in [0.29, 0.717) is 42.0 Å². The third-order valence-electron chi connectivity index (χ3n) is 5.00. The van der Waals surface area contributed by atoms with Gasteiger partial charge in [0.15, 0.2) is 6.61 Å². The number of anilines is 1. The largest absolute Gasteiger partial charge is 0.497 e.